The van der Waals surface area contributed by atoms with Crippen molar-refractivity contribution in [3.63, 3.8) is 0 Å². The zero-order valence-electron chi connectivity index (χ0n) is 10.1. The van der Waals surface area contributed by atoms with Crippen molar-refractivity contribution in [2.75, 3.05) is 11.9 Å². The normalized spacial score (nSPS) is 28.9. The van der Waals surface area contributed by atoms with Gasteiger partial charge in [-0.1, -0.05) is 12.1 Å². The van der Waals surface area contributed by atoms with Crippen molar-refractivity contribution in [1.29, 1.82) is 0 Å². The summed E-state index contributed by atoms with van der Waals surface area (Å²) in [7, 11) is 0. The maximum Gasteiger partial charge on any atom is 0.231 e. The van der Waals surface area contributed by atoms with E-state index in [1.54, 1.807) is 0 Å². The SMILES string of the molecule is CC1CCC(CN)(C(=O)Nc2cnoc2)CC1. The highest BCUT2D eigenvalue weighted by Gasteiger charge is 2.39. The highest BCUT2D eigenvalue weighted by molar-refractivity contribution is 5.95. The zero-order chi connectivity index (χ0) is 12.3. The number of rotatable bonds is 3. The Balaban J connectivity index is 2.05. The largest absolute Gasteiger partial charge is 0.363 e. The van der Waals surface area contributed by atoms with E-state index < -0.39 is 5.41 Å². The minimum atomic E-state index is -0.413. The van der Waals surface area contributed by atoms with Gasteiger partial charge in [-0.2, -0.15) is 0 Å². The van der Waals surface area contributed by atoms with E-state index >= 15 is 0 Å². The van der Waals surface area contributed by atoms with Crippen LogP contribution < -0.4 is 11.1 Å². The van der Waals surface area contributed by atoms with Crippen LogP contribution in [0, 0.1) is 11.3 Å². The van der Waals surface area contributed by atoms with Gasteiger partial charge >= 0.3 is 0 Å². The smallest absolute Gasteiger partial charge is 0.231 e. The van der Waals surface area contributed by atoms with E-state index in [9.17, 15) is 4.79 Å². The molecule has 0 spiro atoms. The molecule has 2 rings (SSSR count). The number of nitrogens with zero attached hydrogens (tertiary/aromatic N) is 1. The van der Waals surface area contributed by atoms with Crippen LogP contribution in [-0.4, -0.2) is 17.6 Å². The van der Waals surface area contributed by atoms with E-state index in [4.69, 9.17) is 10.3 Å². The summed E-state index contributed by atoms with van der Waals surface area (Å²) in [5.41, 5.74) is 6.00. The van der Waals surface area contributed by atoms with E-state index in [0.29, 0.717) is 18.2 Å². The minimum Gasteiger partial charge on any atom is -0.363 e. The first-order valence-electron chi connectivity index (χ1n) is 6.07. The number of hydrogen-bond donors (Lipinski definition) is 2. The first-order valence-corrected chi connectivity index (χ1v) is 6.07. The van der Waals surface area contributed by atoms with Crippen molar-refractivity contribution < 1.29 is 9.32 Å². The van der Waals surface area contributed by atoms with Crippen molar-refractivity contribution in [3.8, 4) is 0 Å². The summed E-state index contributed by atoms with van der Waals surface area (Å²) in [6.07, 6.45) is 6.77. The van der Waals surface area contributed by atoms with Gasteiger partial charge in [-0.05, 0) is 31.6 Å². The molecule has 1 saturated carbocycles. The molecule has 5 nitrogen and oxygen atoms in total. The van der Waals surface area contributed by atoms with Crippen LogP contribution in [0.2, 0.25) is 0 Å². The summed E-state index contributed by atoms with van der Waals surface area (Å²) < 4.78 is 4.69. The van der Waals surface area contributed by atoms with Gasteiger partial charge in [0.25, 0.3) is 0 Å². The summed E-state index contributed by atoms with van der Waals surface area (Å²) >= 11 is 0. The number of anilines is 1. The average Bonchev–Trinajstić information content (AvgIpc) is 2.83. The second kappa shape index (κ2) is 4.87. The maximum atomic E-state index is 12.3. The van der Waals surface area contributed by atoms with Crippen LogP contribution in [0.4, 0.5) is 5.69 Å². The minimum absolute atomic E-state index is 0.00454. The maximum absolute atomic E-state index is 12.3. The molecule has 0 saturated heterocycles. The van der Waals surface area contributed by atoms with Gasteiger partial charge in [0.2, 0.25) is 5.91 Å². The van der Waals surface area contributed by atoms with Crippen LogP contribution in [0.15, 0.2) is 17.0 Å². The van der Waals surface area contributed by atoms with Crippen molar-refractivity contribution in [1.82, 2.24) is 5.16 Å². The fourth-order valence-corrected chi connectivity index (χ4v) is 2.37. The van der Waals surface area contributed by atoms with E-state index in [1.165, 1.54) is 12.5 Å². The molecule has 1 aliphatic carbocycles. The molecule has 1 aromatic rings. The van der Waals surface area contributed by atoms with Crippen LogP contribution in [0.5, 0.6) is 0 Å². The quantitative estimate of drug-likeness (QED) is 0.839. The Morgan fingerprint density at radius 2 is 2.35 bits per heavy atom. The highest BCUT2D eigenvalue weighted by Crippen LogP contribution is 2.38. The highest BCUT2D eigenvalue weighted by atomic mass is 16.5. The van der Waals surface area contributed by atoms with Gasteiger partial charge in [0, 0.05) is 6.54 Å². The van der Waals surface area contributed by atoms with Gasteiger partial charge < -0.3 is 15.6 Å². The second-order valence-electron chi connectivity index (χ2n) is 5.03. The molecule has 94 valence electrons. The van der Waals surface area contributed by atoms with Gasteiger partial charge in [-0.15, -0.1) is 0 Å². The van der Waals surface area contributed by atoms with Crippen LogP contribution in [0.1, 0.15) is 32.6 Å². The summed E-state index contributed by atoms with van der Waals surface area (Å²) in [6.45, 7) is 2.62. The van der Waals surface area contributed by atoms with Gasteiger partial charge in [0.15, 0.2) is 0 Å². The molecule has 0 unspecified atom stereocenters. The predicted octanol–water partition coefficient (Wildman–Crippen LogP) is 1.77. The Labute approximate surface area is 101 Å². The van der Waals surface area contributed by atoms with Crippen molar-refractivity contribution in [2.24, 2.45) is 17.1 Å². The molecule has 5 heteroatoms. The standard InChI is InChI=1S/C12H19N3O2/c1-9-2-4-12(8-13,5-3-9)11(16)15-10-6-14-17-7-10/h6-7,9H,2-5,8,13H2,1H3,(H,15,16). The predicted molar refractivity (Wildman–Crippen MR) is 64.3 cm³/mol. The Hall–Kier alpha value is -1.36. The van der Waals surface area contributed by atoms with Crippen LogP contribution in [0.3, 0.4) is 0 Å². The third-order valence-corrected chi connectivity index (χ3v) is 3.79. The Bertz CT molecular complexity index is 367. The fourth-order valence-electron chi connectivity index (χ4n) is 2.37. The van der Waals surface area contributed by atoms with Gasteiger partial charge in [0.05, 0.1) is 11.6 Å². The summed E-state index contributed by atoms with van der Waals surface area (Å²) in [6, 6.07) is 0. The molecule has 1 amide bonds. The number of amides is 1. The third kappa shape index (κ3) is 2.49. The lowest BCUT2D eigenvalue weighted by Crippen LogP contribution is -2.44. The molecule has 0 aromatic carbocycles. The average molecular weight is 237 g/mol. The molecule has 1 fully saturated rings. The molecule has 0 aliphatic heterocycles. The molecule has 3 N–H and O–H groups in total. The molecule has 1 heterocycles. The number of nitrogens with two attached hydrogens (primary N) is 1. The Morgan fingerprint density at radius 1 is 1.65 bits per heavy atom. The summed E-state index contributed by atoms with van der Waals surface area (Å²) in [5, 5.41) is 6.38. The first kappa shape index (κ1) is 12.1. The Morgan fingerprint density at radius 3 is 2.88 bits per heavy atom. The van der Waals surface area contributed by atoms with E-state index in [-0.39, 0.29) is 5.91 Å². The monoisotopic (exact) mass is 237 g/mol. The van der Waals surface area contributed by atoms with Crippen LogP contribution in [-0.2, 0) is 4.79 Å². The third-order valence-electron chi connectivity index (χ3n) is 3.79. The molecular formula is C12H19N3O2. The molecule has 17 heavy (non-hydrogen) atoms. The fraction of sp³-hybridized carbons (Fsp3) is 0.667. The van der Waals surface area contributed by atoms with Gasteiger partial charge in [-0.25, -0.2) is 0 Å². The lowest BCUT2D eigenvalue weighted by Gasteiger charge is -2.36. The van der Waals surface area contributed by atoms with E-state index in [1.807, 2.05) is 0 Å². The van der Waals surface area contributed by atoms with Crippen LogP contribution in [0.25, 0.3) is 0 Å². The lowest BCUT2D eigenvalue weighted by molar-refractivity contribution is -0.127. The topological polar surface area (TPSA) is 81.2 Å². The first-order chi connectivity index (χ1) is 8.16. The van der Waals surface area contributed by atoms with Gasteiger partial charge in [-0.3, -0.25) is 4.79 Å². The molecule has 0 bridgehead atoms. The molecule has 0 atom stereocenters. The number of carbonyl (C=O) groups is 1. The molecule has 1 aliphatic rings. The Kier molecular flexibility index (Phi) is 3.47. The second-order valence-corrected chi connectivity index (χ2v) is 5.03. The zero-order valence-corrected chi connectivity index (χ0v) is 10.1. The molecule has 1 aromatic heterocycles. The number of carbonyl (C=O) groups excluding carboxylic acids is 1. The van der Waals surface area contributed by atoms with E-state index in [0.717, 1.165) is 25.7 Å². The number of nitrogens with one attached hydrogen (secondary N) is 1. The number of aromatic nitrogens is 1. The van der Waals surface area contributed by atoms with Crippen LogP contribution >= 0.6 is 0 Å². The van der Waals surface area contributed by atoms with Gasteiger partial charge in [0.1, 0.15) is 12.0 Å². The number of hydrogen-bond acceptors (Lipinski definition) is 4. The summed E-state index contributed by atoms with van der Waals surface area (Å²) in [4.78, 5) is 12.3. The van der Waals surface area contributed by atoms with E-state index in [2.05, 4.69) is 17.4 Å². The van der Waals surface area contributed by atoms with Crippen molar-refractivity contribution >= 4 is 11.6 Å². The lowest BCUT2D eigenvalue weighted by atomic mass is 9.70. The molecule has 0 radical (unpaired) electrons. The van der Waals surface area contributed by atoms with Crippen molar-refractivity contribution in [3.05, 3.63) is 12.5 Å². The molecular weight excluding hydrogens is 218 g/mol. The van der Waals surface area contributed by atoms with Crippen molar-refractivity contribution in [2.45, 2.75) is 32.6 Å². The summed E-state index contributed by atoms with van der Waals surface area (Å²) in [5.74, 6) is 0.688.